The number of hydrogen-bond acceptors (Lipinski definition) is 8. The number of likely N-dealkylation sites (N-methyl/N-ethyl adjacent to an activating group) is 2. The summed E-state index contributed by atoms with van der Waals surface area (Å²) in [5, 5.41) is 8.86. The first-order chi connectivity index (χ1) is 15.4. The van der Waals surface area contributed by atoms with Gasteiger partial charge in [0.1, 0.15) is 24.5 Å². The van der Waals surface area contributed by atoms with E-state index in [0.717, 1.165) is 9.13 Å². The van der Waals surface area contributed by atoms with E-state index in [4.69, 9.17) is 5.11 Å². The summed E-state index contributed by atoms with van der Waals surface area (Å²) in [6.45, 7) is -0.453. The Bertz CT molecular complexity index is 1160. The SMILES string of the molecule is CN(C)C(=O)Cn1c(C(=O)O)cccc1=O.COC(=O)c1cccc(=O)n1CC(=O)N(C)C.[Li+].[OH-]. The predicted octanol–water partition coefficient (Wildman–Crippen LogP) is -3.81. The fourth-order valence-electron chi connectivity index (χ4n) is 2.39. The molecule has 0 fully saturated rings. The van der Waals surface area contributed by atoms with Crippen molar-refractivity contribution >= 4 is 23.8 Å². The van der Waals surface area contributed by atoms with Crippen LogP contribution in [0.25, 0.3) is 0 Å². The monoisotopic (exact) mass is 486 g/mol. The molecule has 2 N–H and O–H groups in total. The van der Waals surface area contributed by atoms with E-state index in [1.807, 2.05) is 0 Å². The molecule has 0 spiro atoms. The molecule has 0 saturated heterocycles. The van der Waals surface area contributed by atoms with Crippen molar-refractivity contribution in [2.24, 2.45) is 0 Å². The molecule has 186 valence electrons. The quantitative estimate of drug-likeness (QED) is 0.316. The molecule has 2 aromatic rings. The third kappa shape index (κ3) is 9.61. The number of carboxylic acids is 1. The minimum atomic E-state index is -1.23. The minimum absolute atomic E-state index is 0. The Kier molecular flexibility index (Phi) is 14.6. The Hall–Kier alpha value is -3.66. The molecule has 2 aromatic heterocycles. The van der Waals surface area contributed by atoms with Crippen LogP contribution >= 0.6 is 0 Å². The summed E-state index contributed by atoms with van der Waals surface area (Å²) in [5.74, 6) is -2.49. The molecule has 2 rings (SSSR count). The largest absolute Gasteiger partial charge is 1.00 e. The zero-order chi connectivity index (χ0) is 25.3. The first-order valence-electron chi connectivity index (χ1n) is 9.52. The second-order valence-corrected chi connectivity index (χ2v) is 7.04. The number of carbonyl (C=O) groups excluding carboxylic acids is 3. The van der Waals surface area contributed by atoms with Crippen molar-refractivity contribution in [3.05, 3.63) is 68.5 Å². The molecule has 14 heteroatoms. The molecule has 13 nitrogen and oxygen atoms in total. The number of pyridine rings is 2. The van der Waals surface area contributed by atoms with E-state index in [1.165, 1.54) is 67.4 Å². The third-order valence-corrected chi connectivity index (χ3v) is 4.30. The number of nitrogens with zero attached hydrogens (tertiary/aromatic N) is 4. The molecule has 2 heterocycles. The number of rotatable bonds is 6. The predicted molar refractivity (Wildman–Crippen MR) is 119 cm³/mol. The minimum Gasteiger partial charge on any atom is -0.870 e. The Morgan fingerprint density at radius 1 is 0.800 bits per heavy atom. The number of amides is 2. The van der Waals surface area contributed by atoms with Crippen LogP contribution in [0, 0.1) is 0 Å². The van der Waals surface area contributed by atoms with Crippen LogP contribution in [-0.2, 0) is 27.4 Å². The summed E-state index contributed by atoms with van der Waals surface area (Å²) in [5.41, 5.74) is -1.05. The van der Waals surface area contributed by atoms with Crippen molar-refractivity contribution in [1.82, 2.24) is 18.9 Å². The van der Waals surface area contributed by atoms with Crippen molar-refractivity contribution in [2.45, 2.75) is 13.1 Å². The number of aromatic carboxylic acids is 1. The fourth-order valence-corrected chi connectivity index (χ4v) is 2.39. The van der Waals surface area contributed by atoms with Gasteiger partial charge in [-0.15, -0.1) is 0 Å². The number of methoxy groups -OCH3 is 1. The van der Waals surface area contributed by atoms with Crippen molar-refractivity contribution in [3.63, 3.8) is 0 Å². The standard InChI is InChI=1S/C11H14N2O4.C10H12N2O4.Li.H2O/c1-12(2)10(15)7-13-8(11(16)17-3)5-4-6-9(13)14;1-11(2)9(14)6-12-7(10(15)16)4-3-5-8(12)13;;/h4-6H,7H2,1-3H3;3-5H,6H2,1-2H3,(H,15,16);;1H2/q;;+1;/p-1. The van der Waals surface area contributed by atoms with Gasteiger partial charge in [0.05, 0.1) is 7.11 Å². The number of hydrogen-bond donors (Lipinski definition) is 1. The summed E-state index contributed by atoms with van der Waals surface area (Å²) >= 11 is 0. The molecule has 35 heavy (non-hydrogen) atoms. The zero-order valence-electron chi connectivity index (χ0n) is 20.4. The van der Waals surface area contributed by atoms with Gasteiger partial charge in [0, 0.05) is 40.3 Å². The number of esters is 1. The van der Waals surface area contributed by atoms with Crippen molar-refractivity contribution in [3.8, 4) is 0 Å². The third-order valence-electron chi connectivity index (χ3n) is 4.30. The van der Waals surface area contributed by atoms with Crippen LogP contribution in [0.4, 0.5) is 0 Å². The van der Waals surface area contributed by atoms with Crippen LogP contribution in [0.1, 0.15) is 21.0 Å². The molecule has 0 aromatic carbocycles. The summed E-state index contributed by atoms with van der Waals surface area (Å²) < 4.78 is 6.58. The maximum atomic E-state index is 11.6. The summed E-state index contributed by atoms with van der Waals surface area (Å²) in [6, 6.07) is 8.03. The molecule has 0 aliphatic carbocycles. The molecule has 0 radical (unpaired) electrons. The van der Waals surface area contributed by atoms with Crippen molar-refractivity contribution < 1.29 is 53.4 Å². The second-order valence-electron chi connectivity index (χ2n) is 7.04. The maximum Gasteiger partial charge on any atom is 1.00 e. The maximum absolute atomic E-state index is 11.6. The molecule has 0 unspecified atom stereocenters. The smallest absolute Gasteiger partial charge is 0.870 e. The molecular formula is C21H27LiN4O9. The van der Waals surface area contributed by atoms with Crippen molar-refractivity contribution in [1.29, 1.82) is 0 Å². The molecule has 0 aliphatic rings. The Morgan fingerprint density at radius 3 is 1.51 bits per heavy atom. The normalized spacial score (nSPS) is 9.29. The first kappa shape index (κ1) is 33.5. The molecule has 0 saturated carbocycles. The number of carbonyl (C=O) groups is 4. The molecular weight excluding hydrogens is 459 g/mol. The van der Waals surface area contributed by atoms with Crippen LogP contribution in [-0.4, -0.2) is 88.6 Å². The Balaban J connectivity index is 0. The van der Waals surface area contributed by atoms with Crippen LogP contribution in [0.15, 0.2) is 46.0 Å². The van der Waals surface area contributed by atoms with Gasteiger partial charge in [-0.3, -0.25) is 28.3 Å². The van der Waals surface area contributed by atoms with Crippen LogP contribution in [0.3, 0.4) is 0 Å². The van der Waals surface area contributed by atoms with Crippen LogP contribution in [0.2, 0.25) is 0 Å². The number of aromatic nitrogens is 2. The van der Waals surface area contributed by atoms with Crippen molar-refractivity contribution in [2.75, 3.05) is 35.3 Å². The van der Waals surface area contributed by atoms with Gasteiger partial charge in [-0.25, -0.2) is 9.59 Å². The summed E-state index contributed by atoms with van der Waals surface area (Å²) in [7, 11) is 7.45. The number of carboxylic acid groups (broad SMARTS) is 1. The van der Waals surface area contributed by atoms with Gasteiger partial charge in [-0.2, -0.15) is 0 Å². The van der Waals surface area contributed by atoms with E-state index in [9.17, 15) is 28.8 Å². The topological polar surface area (TPSA) is 178 Å². The van der Waals surface area contributed by atoms with E-state index in [-0.39, 0.29) is 60.6 Å². The van der Waals surface area contributed by atoms with Gasteiger partial charge >= 0.3 is 30.8 Å². The molecule has 0 atom stereocenters. The van der Waals surface area contributed by atoms with E-state index in [0.29, 0.717) is 0 Å². The van der Waals surface area contributed by atoms with Gasteiger partial charge in [-0.05, 0) is 12.1 Å². The first-order valence-corrected chi connectivity index (χ1v) is 9.52. The Morgan fingerprint density at radius 2 is 1.17 bits per heavy atom. The van der Waals surface area contributed by atoms with Gasteiger partial charge in [0.25, 0.3) is 11.1 Å². The fraction of sp³-hybridized carbons (Fsp3) is 0.333. The van der Waals surface area contributed by atoms with Gasteiger partial charge in [0.15, 0.2) is 0 Å². The van der Waals surface area contributed by atoms with E-state index < -0.39 is 23.1 Å². The zero-order valence-corrected chi connectivity index (χ0v) is 20.4. The van der Waals surface area contributed by atoms with E-state index >= 15 is 0 Å². The summed E-state index contributed by atoms with van der Waals surface area (Å²) in [4.78, 5) is 70.9. The van der Waals surface area contributed by atoms with Crippen LogP contribution < -0.4 is 30.0 Å². The average molecular weight is 486 g/mol. The molecule has 0 aliphatic heterocycles. The Labute approximate surface area is 213 Å². The molecule has 2 amide bonds. The average Bonchev–Trinajstić information content (AvgIpc) is 2.75. The van der Waals surface area contributed by atoms with Gasteiger partial charge < -0.3 is 25.1 Å². The summed E-state index contributed by atoms with van der Waals surface area (Å²) in [6.07, 6.45) is 0. The van der Waals surface area contributed by atoms with E-state index in [1.54, 1.807) is 14.1 Å². The molecule has 0 bridgehead atoms. The number of ether oxygens (including phenoxy) is 1. The van der Waals surface area contributed by atoms with Gasteiger partial charge in [0.2, 0.25) is 11.8 Å². The second kappa shape index (κ2) is 15.3. The van der Waals surface area contributed by atoms with Crippen LogP contribution in [0.5, 0.6) is 0 Å². The van der Waals surface area contributed by atoms with Gasteiger partial charge in [-0.1, -0.05) is 12.1 Å². The van der Waals surface area contributed by atoms with E-state index in [2.05, 4.69) is 4.74 Å².